The third-order valence-electron chi connectivity index (χ3n) is 2.81. The van der Waals surface area contributed by atoms with Gasteiger partial charge in [0.15, 0.2) is 0 Å². The van der Waals surface area contributed by atoms with Gasteiger partial charge in [-0.25, -0.2) is 0 Å². The highest BCUT2D eigenvalue weighted by atomic mass is 16.5. The van der Waals surface area contributed by atoms with Gasteiger partial charge in [-0.2, -0.15) is 0 Å². The van der Waals surface area contributed by atoms with Crippen molar-refractivity contribution in [2.24, 2.45) is 5.41 Å². The number of carboxylic acid groups (broad SMARTS) is 1. The molecule has 4 heteroatoms. The van der Waals surface area contributed by atoms with E-state index >= 15 is 0 Å². The van der Waals surface area contributed by atoms with E-state index in [1.165, 1.54) is 13.8 Å². The first kappa shape index (κ1) is 13.7. The Morgan fingerprint density at radius 1 is 1.47 bits per heavy atom. The average Bonchev–Trinajstić information content (AvgIpc) is 2.28. The van der Waals surface area contributed by atoms with E-state index < -0.39 is 17.5 Å². The van der Waals surface area contributed by atoms with Crippen molar-refractivity contribution < 1.29 is 19.7 Å². The van der Waals surface area contributed by atoms with Crippen LogP contribution in [0.25, 0.3) is 0 Å². The van der Waals surface area contributed by atoms with Gasteiger partial charge in [-0.15, -0.1) is 0 Å². The lowest BCUT2D eigenvalue weighted by molar-refractivity contribution is -0.153. The van der Waals surface area contributed by atoms with E-state index in [0.29, 0.717) is 12.2 Å². The second-order valence-electron chi connectivity index (χ2n) is 4.61. The van der Waals surface area contributed by atoms with Crippen LogP contribution in [-0.4, -0.2) is 23.3 Å². The van der Waals surface area contributed by atoms with Crippen molar-refractivity contribution in [2.75, 3.05) is 7.11 Å². The predicted octanol–water partition coefficient (Wildman–Crippen LogP) is 1.98. The monoisotopic (exact) mass is 238 g/mol. The Bertz CT molecular complexity index is 398. The van der Waals surface area contributed by atoms with Crippen LogP contribution in [0.2, 0.25) is 0 Å². The molecule has 0 saturated heterocycles. The largest absolute Gasteiger partial charge is 0.481 e. The molecule has 0 amide bonds. The van der Waals surface area contributed by atoms with Gasteiger partial charge in [-0.3, -0.25) is 4.79 Å². The van der Waals surface area contributed by atoms with Gasteiger partial charge >= 0.3 is 5.97 Å². The van der Waals surface area contributed by atoms with Gasteiger partial charge in [0.1, 0.15) is 0 Å². The molecule has 1 unspecified atom stereocenters. The molecule has 0 aliphatic rings. The summed E-state index contributed by atoms with van der Waals surface area (Å²) in [6, 6.07) is 7.13. The van der Waals surface area contributed by atoms with Crippen molar-refractivity contribution in [3.05, 3.63) is 35.4 Å². The van der Waals surface area contributed by atoms with Gasteiger partial charge in [0.2, 0.25) is 0 Å². The second kappa shape index (κ2) is 5.29. The average molecular weight is 238 g/mol. The van der Waals surface area contributed by atoms with Gasteiger partial charge in [0, 0.05) is 7.11 Å². The number of aliphatic hydroxyl groups is 1. The van der Waals surface area contributed by atoms with Crippen molar-refractivity contribution in [1.82, 2.24) is 0 Å². The molecule has 1 rings (SSSR count). The quantitative estimate of drug-likeness (QED) is 0.823. The van der Waals surface area contributed by atoms with Crippen LogP contribution in [0.3, 0.4) is 0 Å². The number of aliphatic hydroxyl groups excluding tert-OH is 1. The Balaban J connectivity index is 2.99. The maximum absolute atomic E-state index is 11.1. The normalized spacial score (nSPS) is 13.4. The minimum absolute atomic E-state index is 0.439. The molecule has 0 saturated carbocycles. The molecule has 0 bridgehead atoms. The first-order chi connectivity index (χ1) is 7.89. The predicted molar refractivity (Wildman–Crippen MR) is 63.5 cm³/mol. The first-order valence-electron chi connectivity index (χ1n) is 5.39. The summed E-state index contributed by atoms with van der Waals surface area (Å²) in [5.41, 5.74) is 0.281. The Kier molecular flexibility index (Phi) is 4.26. The van der Waals surface area contributed by atoms with E-state index in [1.807, 2.05) is 6.07 Å². The zero-order chi connectivity index (χ0) is 13.1. The molecule has 1 aromatic rings. The molecule has 17 heavy (non-hydrogen) atoms. The van der Waals surface area contributed by atoms with E-state index in [1.54, 1.807) is 25.3 Å². The number of carboxylic acids is 1. The van der Waals surface area contributed by atoms with Crippen LogP contribution in [0.1, 0.15) is 31.1 Å². The number of ether oxygens (including phenoxy) is 1. The van der Waals surface area contributed by atoms with Crippen molar-refractivity contribution in [3.8, 4) is 0 Å². The zero-order valence-corrected chi connectivity index (χ0v) is 10.3. The summed E-state index contributed by atoms with van der Waals surface area (Å²) in [5.74, 6) is -1.03. The summed E-state index contributed by atoms with van der Waals surface area (Å²) in [6.07, 6.45) is -1.04. The topological polar surface area (TPSA) is 66.8 Å². The Morgan fingerprint density at radius 2 is 2.12 bits per heavy atom. The molecule has 0 aliphatic heterocycles. The molecule has 0 aliphatic carbocycles. The molecule has 0 spiro atoms. The highest BCUT2D eigenvalue weighted by Crippen LogP contribution is 2.33. The van der Waals surface area contributed by atoms with Crippen LogP contribution in [0.4, 0.5) is 0 Å². The summed E-state index contributed by atoms with van der Waals surface area (Å²) in [5, 5.41) is 19.2. The van der Waals surface area contributed by atoms with Gasteiger partial charge in [-0.05, 0) is 25.0 Å². The molecule has 94 valence electrons. The number of rotatable bonds is 5. The van der Waals surface area contributed by atoms with E-state index in [-0.39, 0.29) is 0 Å². The maximum Gasteiger partial charge on any atom is 0.312 e. The number of aliphatic carboxylic acids is 1. The SMILES string of the molecule is COCc1cccc(C(O)C(C)(C)C(=O)O)c1. The van der Waals surface area contributed by atoms with Crippen LogP contribution >= 0.6 is 0 Å². The van der Waals surface area contributed by atoms with E-state index in [9.17, 15) is 9.90 Å². The smallest absolute Gasteiger partial charge is 0.312 e. The van der Waals surface area contributed by atoms with E-state index in [2.05, 4.69) is 0 Å². The van der Waals surface area contributed by atoms with Crippen molar-refractivity contribution in [2.45, 2.75) is 26.6 Å². The number of carbonyl (C=O) groups is 1. The van der Waals surface area contributed by atoms with Crippen molar-refractivity contribution in [1.29, 1.82) is 0 Å². The third kappa shape index (κ3) is 3.05. The molecule has 0 heterocycles. The lowest BCUT2D eigenvalue weighted by Gasteiger charge is -2.26. The van der Waals surface area contributed by atoms with E-state index in [0.717, 1.165) is 5.56 Å². The number of methoxy groups -OCH3 is 1. The lowest BCUT2D eigenvalue weighted by Crippen LogP contribution is -2.31. The third-order valence-corrected chi connectivity index (χ3v) is 2.81. The molecule has 4 nitrogen and oxygen atoms in total. The lowest BCUT2D eigenvalue weighted by atomic mass is 9.82. The Morgan fingerprint density at radius 3 is 2.65 bits per heavy atom. The molecule has 1 aromatic carbocycles. The summed E-state index contributed by atoms with van der Waals surface area (Å²) < 4.78 is 5.00. The highest BCUT2D eigenvalue weighted by Gasteiger charge is 2.36. The van der Waals surface area contributed by atoms with Crippen LogP contribution in [-0.2, 0) is 16.1 Å². The zero-order valence-electron chi connectivity index (χ0n) is 10.3. The Labute approximate surface area is 101 Å². The van der Waals surface area contributed by atoms with Gasteiger partial charge in [0.25, 0.3) is 0 Å². The van der Waals surface area contributed by atoms with E-state index in [4.69, 9.17) is 9.84 Å². The minimum Gasteiger partial charge on any atom is -0.481 e. The van der Waals surface area contributed by atoms with Crippen LogP contribution in [0.5, 0.6) is 0 Å². The molecular weight excluding hydrogens is 220 g/mol. The maximum atomic E-state index is 11.1. The first-order valence-corrected chi connectivity index (χ1v) is 5.39. The van der Waals surface area contributed by atoms with Gasteiger partial charge in [-0.1, -0.05) is 24.3 Å². The van der Waals surface area contributed by atoms with Crippen LogP contribution in [0, 0.1) is 5.41 Å². The summed E-state index contributed by atoms with van der Waals surface area (Å²) in [6.45, 7) is 3.44. The minimum atomic E-state index is -1.22. The second-order valence-corrected chi connectivity index (χ2v) is 4.61. The van der Waals surface area contributed by atoms with Crippen LogP contribution < -0.4 is 0 Å². The van der Waals surface area contributed by atoms with Crippen LogP contribution in [0.15, 0.2) is 24.3 Å². The highest BCUT2D eigenvalue weighted by molar-refractivity contribution is 5.74. The molecule has 1 atom stereocenters. The molecule has 0 radical (unpaired) electrons. The molecular formula is C13H18O4. The van der Waals surface area contributed by atoms with Crippen molar-refractivity contribution in [3.63, 3.8) is 0 Å². The number of hydrogen-bond acceptors (Lipinski definition) is 3. The summed E-state index contributed by atoms with van der Waals surface area (Å²) >= 11 is 0. The molecule has 0 fully saturated rings. The fraction of sp³-hybridized carbons (Fsp3) is 0.462. The van der Waals surface area contributed by atoms with Crippen molar-refractivity contribution >= 4 is 5.97 Å². The summed E-state index contributed by atoms with van der Waals surface area (Å²) in [7, 11) is 1.59. The molecule has 0 aromatic heterocycles. The number of hydrogen-bond donors (Lipinski definition) is 2. The fourth-order valence-corrected chi connectivity index (χ4v) is 1.55. The van der Waals surface area contributed by atoms with Gasteiger partial charge in [0.05, 0.1) is 18.1 Å². The molecule has 2 N–H and O–H groups in total. The standard InChI is InChI=1S/C13H18O4/c1-13(2,12(15)16)11(14)10-6-4-5-9(7-10)8-17-3/h4-7,11,14H,8H2,1-3H3,(H,15,16). The Hall–Kier alpha value is -1.39. The number of benzene rings is 1. The summed E-state index contributed by atoms with van der Waals surface area (Å²) in [4.78, 5) is 11.1. The van der Waals surface area contributed by atoms with Gasteiger partial charge < -0.3 is 14.9 Å². The fourth-order valence-electron chi connectivity index (χ4n) is 1.55.